The van der Waals surface area contributed by atoms with E-state index in [-0.39, 0.29) is 29.7 Å². The van der Waals surface area contributed by atoms with Crippen molar-refractivity contribution >= 4 is 11.9 Å². The molecule has 0 N–H and O–H groups in total. The number of carbonyl (C=O) groups is 2. The molecule has 1 heterocycles. The minimum absolute atomic E-state index is 0.105. The van der Waals surface area contributed by atoms with Crippen LogP contribution in [-0.2, 0) is 19.7 Å². The number of allylic oxidation sites excluding steroid dienone is 2. The van der Waals surface area contributed by atoms with Crippen LogP contribution in [0.15, 0.2) is 42.5 Å². The number of benzene rings is 1. The molecule has 1 aromatic carbocycles. The molecule has 0 aromatic heterocycles. The molecular weight excluding hydrogens is 228 g/mol. The Labute approximate surface area is 104 Å². The molecule has 1 aromatic rings. The summed E-state index contributed by atoms with van der Waals surface area (Å²) in [4.78, 5) is 24.3. The third-order valence-corrected chi connectivity index (χ3v) is 4.66. The molecule has 1 saturated heterocycles. The van der Waals surface area contributed by atoms with E-state index in [2.05, 4.69) is 12.2 Å². The number of hydrogen-bond donors (Lipinski definition) is 0. The fraction of sp³-hybridized carbons (Fsp3) is 0.333. The Balaban J connectivity index is 1.98. The summed E-state index contributed by atoms with van der Waals surface area (Å²) in [5, 5.41) is 0. The molecule has 18 heavy (non-hydrogen) atoms. The van der Waals surface area contributed by atoms with Gasteiger partial charge in [0.25, 0.3) is 0 Å². The standard InChI is InChI=1S/C15H12O3/c16-13-12-9-6-7-11(8-9)15(12,14(17)18-13)10-4-2-1-3-5-10/h1-7,9,11-12H,8H2. The van der Waals surface area contributed by atoms with E-state index in [1.54, 1.807) is 0 Å². The van der Waals surface area contributed by atoms with Crippen LogP contribution in [0.5, 0.6) is 0 Å². The second-order valence-electron chi connectivity index (χ2n) is 5.31. The number of hydrogen-bond acceptors (Lipinski definition) is 3. The average molecular weight is 240 g/mol. The van der Waals surface area contributed by atoms with Crippen molar-refractivity contribution in [3.63, 3.8) is 0 Å². The lowest BCUT2D eigenvalue weighted by molar-refractivity contribution is -0.155. The molecule has 4 atom stereocenters. The minimum atomic E-state index is -0.752. The smallest absolute Gasteiger partial charge is 0.325 e. The van der Waals surface area contributed by atoms with Crippen molar-refractivity contribution in [1.29, 1.82) is 0 Å². The van der Waals surface area contributed by atoms with Gasteiger partial charge in [-0.15, -0.1) is 0 Å². The summed E-state index contributed by atoms with van der Waals surface area (Å²) in [7, 11) is 0. The third kappa shape index (κ3) is 0.927. The highest BCUT2D eigenvalue weighted by atomic mass is 16.6. The van der Waals surface area contributed by atoms with Gasteiger partial charge in [0.2, 0.25) is 0 Å². The topological polar surface area (TPSA) is 43.4 Å². The Morgan fingerprint density at radius 2 is 1.89 bits per heavy atom. The van der Waals surface area contributed by atoms with Crippen molar-refractivity contribution < 1.29 is 14.3 Å². The first-order valence-corrected chi connectivity index (χ1v) is 6.24. The summed E-state index contributed by atoms with van der Waals surface area (Å²) in [6.07, 6.45) is 5.03. The SMILES string of the molecule is O=C1OC(=O)C2(c3ccccc3)C3C=CC(C3)C12. The van der Waals surface area contributed by atoms with Crippen molar-refractivity contribution in [3.8, 4) is 0 Å². The van der Waals surface area contributed by atoms with Gasteiger partial charge < -0.3 is 4.74 Å². The lowest BCUT2D eigenvalue weighted by Crippen LogP contribution is -2.42. The third-order valence-electron chi connectivity index (χ3n) is 4.66. The molecule has 1 aliphatic heterocycles. The Morgan fingerprint density at radius 3 is 2.67 bits per heavy atom. The monoisotopic (exact) mass is 240 g/mol. The van der Waals surface area contributed by atoms with E-state index in [1.807, 2.05) is 30.3 Å². The fourth-order valence-corrected chi connectivity index (χ4v) is 3.98. The van der Waals surface area contributed by atoms with Crippen LogP contribution in [0.1, 0.15) is 12.0 Å². The van der Waals surface area contributed by atoms with E-state index in [0.717, 1.165) is 12.0 Å². The minimum Gasteiger partial charge on any atom is -0.392 e. The van der Waals surface area contributed by atoms with Crippen LogP contribution in [0.25, 0.3) is 0 Å². The highest BCUT2D eigenvalue weighted by molar-refractivity contribution is 6.04. The van der Waals surface area contributed by atoms with E-state index in [1.165, 1.54) is 0 Å². The molecule has 1 saturated carbocycles. The van der Waals surface area contributed by atoms with Crippen LogP contribution >= 0.6 is 0 Å². The van der Waals surface area contributed by atoms with Gasteiger partial charge in [0.1, 0.15) is 5.41 Å². The molecule has 4 unspecified atom stereocenters. The summed E-state index contributed by atoms with van der Waals surface area (Å²) in [6.45, 7) is 0. The molecule has 3 aliphatic rings. The van der Waals surface area contributed by atoms with Gasteiger partial charge in [0, 0.05) is 0 Å². The lowest BCUT2D eigenvalue weighted by atomic mass is 9.65. The van der Waals surface area contributed by atoms with Crippen LogP contribution in [-0.4, -0.2) is 11.9 Å². The first-order chi connectivity index (χ1) is 8.74. The van der Waals surface area contributed by atoms with Gasteiger partial charge >= 0.3 is 11.9 Å². The first-order valence-electron chi connectivity index (χ1n) is 6.24. The van der Waals surface area contributed by atoms with Crippen LogP contribution < -0.4 is 0 Å². The first kappa shape index (κ1) is 10.1. The maximum atomic E-state index is 12.3. The van der Waals surface area contributed by atoms with Crippen molar-refractivity contribution in [2.45, 2.75) is 11.8 Å². The van der Waals surface area contributed by atoms with Crippen molar-refractivity contribution in [1.82, 2.24) is 0 Å². The number of fused-ring (bicyclic) bond motifs is 5. The van der Waals surface area contributed by atoms with Crippen molar-refractivity contribution in [2.24, 2.45) is 17.8 Å². The molecule has 3 nitrogen and oxygen atoms in total. The number of rotatable bonds is 1. The summed E-state index contributed by atoms with van der Waals surface area (Å²) >= 11 is 0. The number of carbonyl (C=O) groups excluding carboxylic acids is 2. The largest absolute Gasteiger partial charge is 0.392 e. The summed E-state index contributed by atoms with van der Waals surface area (Å²) in [5.74, 6) is -0.758. The maximum absolute atomic E-state index is 12.3. The Morgan fingerprint density at radius 1 is 1.11 bits per heavy atom. The Bertz CT molecular complexity index is 575. The number of cyclic esters (lactones) is 2. The van der Waals surface area contributed by atoms with E-state index >= 15 is 0 Å². The molecule has 0 radical (unpaired) electrons. The second kappa shape index (κ2) is 3.10. The van der Waals surface area contributed by atoms with Gasteiger partial charge in [-0.05, 0) is 23.8 Å². The van der Waals surface area contributed by atoms with Crippen LogP contribution in [0.3, 0.4) is 0 Å². The van der Waals surface area contributed by atoms with E-state index in [0.29, 0.717) is 0 Å². The fourth-order valence-electron chi connectivity index (χ4n) is 3.98. The van der Waals surface area contributed by atoms with Crippen molar-refractivity contribution in [2.75, 3.05) is 0 Å². The zero-order valence-corrected chi connectivity index (χ0v) is 9.71. The zero-order chi connectivity index (χ0) is 12.3. The molecule has 90 valence electrons. The molecule has 2 bridgehead atoms. The predicted molar refractivity (Wildman–Crippen MR) is 63.4 cm³/mol. The Hall–Kier alpha value is -1.90. The van der Waals surface area contributed by atoms with E-state index in [9.17, 15) is 9.59 Å². The zero-order valence-electron chi connectivity index (χ0n) is 9.71. The van der Waals surface area contributed by atoms with E-state index < -0.39 is 5.41 Å². The summed E-state index contributed by atoms with van der Waals surface area (Å²) < 4.78 is 4.95. The quantitative estimate of drug-likeness (QED) is 0.427. The molecule has 0 spiro atoms. The van der Waals surface area contributed by atoms with Gasteiger partial charge in [0.15, 0.2) is 0 Å². The average Bonchev–Trinajstić information content (AvgIpc) is 3.03. The van der Waals surface area contributed by atoms with Crippen LogP contribution in [0.4, 0.5) is 0 Å². The molecule has 3 heteroatoms. The van der Waals surface area contributed by atoms with Crippen LogP contribution in [0, 0.1) is 17.8 Å². The molecule has 2 aliphatic carbocycles. The summed E-state index contributed by atoms with van der Waals surface area (Å²) in [6, 6.07) is 9.60. The van der Waals surface area contributed by atoms with E-state index in [4.69, 9.17) is 4.74 Å². The second-order valence-corrected chi connectivity index (χ2v) is 5.31. The van der Waals surface area contributed by atoms with Gasteiger partial charge in [-0.25, -0.2) is 0 Å². The molecule has 0 amide bonds. The van der Waals surface area contributed by atoms with Crippen molar-refractivity contribution in [3.05, 3.63) is 48.0 Å². The summed E-state index contributed by atoms with van der Waals surface area (Å²) in [5.41, 5.74) is 0.167. The Kier molecular flexibility index (Phi) is 1.74. The molecule has 4 rings (SSSR count). The lowest BCUT2D eigenvalue weighted by Gasteiger charge is -2.31. The molecular formula is C15H12O3. The van der Waals surface area contributed by atoms with Crippen LogP contribution in [0.2, 0.25) is 0 Å². The van der Waals surface area contributed by atoms with Gasteiger partial charge in [0.05, 0.1) is 5.92 Å². The highest BCUT2D eigenvalue weighted by Crippen LogP contribution is 2.60. The number of ether oxygens (including phenoxy) is 1. The predicted octanol–water partition coefficient (Wildman–Crippen LogP) is 1.83. The van der Waals surface area contributed by atoms with Gasteiger partial charge in [-0.3, -0.25) is 9.59 Å². The highest BCUT2D eigenvalue weighted by Gasteiger charge is 2.69. The van der Waals surface area contributed by atoms with Gasteiger partial charge in [-0.1, -0.05) is 42.5 Å². The number of esters is 2. The normalized spacial score (nSPS) is 40.1. The van der Waals surface area contributed by atoms with Gasteiger partial charge in [-0.2, -0.15) is 0 Å². The molecule has 2 fully saturated rings. The maximum Gasteiger partial charge on any atom is 0.325 e.